The molecule has 0 saturated heterocycles. The molecule has 0 aliphatic carbocycles. The van der Waals surface area contributed by atoms with E-state index in [1.165, 1.54) is 12.1 Å². The summed E-state index contributed by atoms with van der Waals surface area (Å²) >= 11 is 0. The molecule has 17 heavy (non-hydrogen) atoms. The number of nitrogens with one attached hydrogen (secondary N) is 1. The lowest BCUT2D eigenvalue weighted by molar-refractivity contribution is 0.387. The Morgan fingerprint density at radius 2 is 2.24 bits per heavy atom. The van der Waals surface area contributed by atoms with Gasteiger partial charge in [-0.25, -0.2) is 4.39 Å². The molecule has 3 N–H and O–H groups in total. The van der Waals surface area contributed by atoms with Gasteiger partial charge in [-0.1, -0.05) is 5.16 Å². The minimum atomic E-state index is -0.358. The van der Waals surface area contributed by atoms with Crippen LogP contribution in [0.2, 0.25) is 0 Å². The van der Waals surface area contributed by atoms with Crippen LogP contribution in [0.1, 0.15) is 11.7 Å². The maximum Gasteiger partial charge on any atom is 0.223 e. The monoisotopic (exact) mass is 236 g/mol. The van der Waals surface area contributed by atoms with E-state index >= 15 is 0 Å². The zero-order chi connectivity index (χ0) is 12.3. The highest BCUT2D eigenvalue weighted by Gasteiger charge is 2.02. The third-order valence-electron chi connectivity index (χ3n) is 2.17. The third kappa shape index (κ3) is 3.17. The van der Waals surface area contributed by atoms with Crippen LogP contribution in [0.4, 0.5) is 15.8 Å². The van der Waals surface area contributed by atoms with E-state index in [-0.39, 0.29) is 5.82 Å². The Kier molecular flexibility index (Phi) is 3.22. The van der Waals surface area contributed by atoms with Crippen LogP contribution in [0.3, 0.4) is 0 Å². The van der Waals surface area contributed by atoms with Gasteiger partial charge in [0.2, 0.25) is 5.89 Å². The highest BCUT2D eigenvalue weighted by atomic mass is 19.1. The average molecular weight is 236 g/mol. The molecular formula is C11H13FN4O. The number of nitrogen functional groups attached to an aromatic ring is 1. The first-order chi connectivity index (χ1) is 8.13. The number of hydrogen-bond acceptors (Lipinski definition) is 5. The van der Waals surface area contributed by atoms with Crippen molar-refractivity contribution >= 4 is 11.4 Å². The van der Waals surface area contributed by atoms with Crippen molar-refractivity contribution in [3.05, 3.63) is 35.7 Å². The molecule has 0 amide bonds. The SMILES string of the molecule is Cc1nc(CCNc2cc(N)cc(F)c2)no1. The number of aryl methyl sites for hydroxylation is 1. The van der Waals surface area contributed by atoms with E-state index in [0.717, 1.165) is 0 Å². The minimum absolute atomic E-state index is 0.358. The summed E-state index contributed by atoms with van der Waals surface area (Å²) in [6.07, 6.45) is 0.605. The molecule has 0 aliphatic heterocycles. The van der Waals surface area contributed by atoms with Crippen molar-refractivity contribution in [2.75, 3.05) is 17.6 Å². The third-order valence-corrected chi connectivity index (χ3v) is 2.17. The molecule has 2 aromatic rings. The van der Waals surface area contributed by atoms with Crippen LogP contribution in [0.5, 0.6) is 0 Å². The molecule has 5 nitrogen and oxygen atoms in total. The van der Waals surface area contributed by atoms with Gasteiger partial charge in [0.05, 0.1) is 0 Å². The lowest BCUT2D eigenvalue weighted by atomic mass is 10.2. The number of hydrogen-bond donors (Lipinski definition) is 2. The van der Waals surface area contributed by atoms with Gasteiger partial charge in [-0.3, -0.25) is 0 Å². The van der Waals surface area contributed by atoms with Crippen LogP contribution in [0, 0.1) is 12.7 Å². The van der Waals surface area contributed by atoms with Gasteiger partial charge in [0.15, 0.2) is 5.82 Å². The summed E-state index contributed by atoms with van der Waals surface area (Å²) in [7, 11) is 0. The van der Waals surface area contributed by atoms with Crippen molar-refractivity contribution in [2.45, 2.75) is 13.3 Å². The second-order valence-electron chi connectivity index (χ2n) is 3.68. The maximum absolute atomic E-state index is 13.0. The van der Waals surface area contributed by atoms with Crippen LogP contribution in [0.25, 0.3) is 0 Å². The van der Waals surface area contributed by atoms with Gasteiger partial charge >= 0.3 is 0 Å². The Morgan fingerprint density at radius 1 is 1.41 bits per heavy atom. The molecule has 6 heteroatoms. The van der Waals surface area contributed by atoms with Gasteiger partial charge < -0.3 is 15.6 Å². The van der Waals surface area contributed by atoms with Crippen LogP contribution in [0.15, 0.2) is 22.7 Å². The number of benzene rings is 1. The molecule has 0 spiro atoms. The first-order valence-electron chi connectivity index (χ1n) is 5.22. The Bertz CT molecular complexity index is 492. The van der Waals surface area contributed by atoms with Crippen molar-refractivity contribution in [1.82, 2.24) is 10.1 Å². The van der Waals surface area contributed by atoms with Gasteiger partial charge in [0.25, 0.3) is 0 Å². The molecule has 0 radical (unpaired) electrons. The summed E-state index contributed by atoms with van der Waals surface area (Å²) in [4.78, 5) is 4.06. The first kappa shape index (κ1) is 11.4. The molecule has 0 fully saturated rings. The fourth-order valence-corrected chi connectivity index (χ4v) is 1.48. The molecule has 1 aromatic heterocycles. The van der Waals surface area contributed by atoms with E-state index in [2.05, 4.69) is 15.5 Å². The number of rotatable bonds is 4. The van der Waals surface area contributed by atoms with E-state index in [1.54, 1.807) is 13.0 Å². The van der Waals surface area contributed by atoms with Crippen molar-refractivity contribution in [3.63, 3.8) is 0 Å². The zero-order valence-corrected chi connectivity index (χ0v) is 9.40. The summed E-state index contributed by atoms with van der Waals surface area (Å²) in [5.74, 6) is 0.803. The normalized spacial score (nSPS) is 10.5. The lowest BCUT2D eigenvalue weighted by Gasteiger charge is -2.05. The van der Waals surface area contributed by atoms with Crippen molar-refractivity contribution in [1.29, 1.82) is 0 Å². The molecule has 1 aromatic carbocycles. The van der Waals surface area contributed by atoms with Crippen LogP contribution >= 0.6 is 0 Å². The average Bonchev–Trinajstić information content (AvgIpc) is 2.63. The Labute approximate surface area is 97.8 Å². The molecule has 2 rings (SSSR count). The van der Waals surface area contributed by atoms with Gasteiger partial charge in [-0.2, -0.15) is 4.98 Å². The summed E-state index contributed by atoms with van der Waals surface area (Å²) in [6.45, 7) is 2.32. The van der Waals surface area contributed by atoms with E-state index in [0.29, 0.717) is 36.1 Å². The zero-order valence-electron chi connectivity index (χ0n) is 9.40. The molecule has 0 saturated carbocycles. The molecule has 0 bridgehead atoms. The highest BCUT2D eigenvalue weighted by Crippen LogP contribution is 2.15. The summed E-state index contributed by atoms with van der Waals surface area (Å²) in [5.41, 5.74) is 6.56. The Morgan fingerprint density at radius 3 is 2.88 bits per heavy atom. The van der Waals surface area contributed by atoms with E-state index in [1.807, 2.05) is 0 Å². The van der Waals surface area contributed by atoms with Crippen molar-refractivity contribution in [3.8, 4) is 0 Å². The maximum atomic E-state index is 13.0. The Balaban J connectivity index is 1.89. The van der Waals surface area contributed by atoms with Crippen molar-refractivity contribution < 1.29 is 8.91 Å². The second kappa shape index (κ2) is 4.82. The van der Waals surface area contributed by atoms with Crippen molar-refractivity contribution in [2.24, 2.45) is 0 Å². The largest absolute Gasteiger partial charge is 0.399 e. The predicted molar refractivity (Wildman–Crippen MR) is 62.0 cm³/mol. The minimum Gasteiger partial charge on any atom is -0.399 e. The van der Waals surface area contributed by atoms with Crippen LogP contribution in [-0.4, -0.2) is 16.7 Å². The molecule has 0 aliphatic rings. The fraction of sp³-hybridized carbons (Fsp3) is 0.273. The van der Waals surface area contributed by atoms with E-state index in [4.69, 9.17) is 10.3 Å². The quantitative estimate of drug-likeness (QED) is 0.791. The van der Waals surface area contributed by atoms with E-state index in [9.17, 15) is 4.39 Å². The Hall–Kier alpha value is -2.11. The van der Waals surface area contributed by atoms with Gasteiger partial charge in [0, 0.05) is 31.3 Å². The molecule has 0 atom stereocenters. The standard InChI is InChI=1S/C11H13FN4O/c1-7-15-11(16-17-7)2-3-14-10-5-8(12)4-9(13)6-10/h4-6,14H,2-3,13H2,1H3. The van der Waals surface area contributed by atoms with Crippen LogP contribution < -0.4 is 11.1 Å². The number of aromatic nitrogens is 2. The number of nitrogens with two attached hydrogens (primary N) is 1. The number of anilines is 2. The summed E-state index contributed by atoms with van der Waals surface area (Å²) < 4.78 is 17.9. The smallest absolute Gasteiger partial charge is 0.223 e. The van der Waals surface area contributed by atoms with E-state index < -0.39 is 0 Å². The predicted octanol–water partition coefficient (Wildman–Crippen LogP) is 1.75. The lowest BCUT2D eigenvalue weighted by Crippen LogP contribution is -2.06. The molecule has 90 valence electrons. The first-order valence-corrected chi connectivity index (χ1v) is 5.22. The second-order valence-corrected chi connectivity index (χ2v) is 3.68. The number of nitrogens with zero attached hydrogens (tertiary/aromatic N) is 2. The van der Waals surface area contributed by atoms with Gasteiger partial charge in [-0.05, 0) is 18.2 Å². The summed E-state index contributed by atoms with van der Waals surface area (Å²) in [6, 6.07) is 4.33. The van der Waals surface area contributed by atoms with Gasteiger partial charge in [0.1, 0.15) is 5.82 Å². The summed E-state index contributed by atoms with van der Waals surface area (Å²) in [5, 5.41) is 6.80. The topological polar surface area (TPSA) is 77.0 Å². The fourth-order valence-electron chi connectivity index (χ4n) is 1.48. The number of halogens is 1. The highest BCUT2D eigenvalue weighted by molar-refractivity contribution is 5.54. The van der Waals surface area contributed by atoms with Crippen LogP contribution in [-0.2, 0) is 6.42 Å². The van der Waals surface area contributed by atoms with Gasteiger partial charge in [-0.15, -0.1) is 0 Å². The molecule has 1 heterocycles. The molecule has 0 unspecified atom stereocenters. The molecular weight excluding hydrogens is 223 g/mol.